The Morgan fingerprint density at radius 1 is 0.905 bits per heavy atom. The molecule has 0 saturated carbocycles. The normalized spacial score (nSPS) is 15.0. The van der Waals surface area contributed by atoms with Crippen molar-refractivity contribution in [3.63, 3.8) is 0 Å². The van der Waals surface area contributed by atoms with Gasteiger partial charge in [0.2, 0.25) is 0 Å². The average Bonchev–Trinajstić information content (AvgIpc) is 2.57. The van der Waals surface area contributed by atoms with Gasteiger partial charge in [-0.05, 0) is 23.8 Å². The van der Waals surface area contributed by atoms with Crippen LogP contribution in [0.2, 0.25) is 0 Å². The molecule has 110 valence electrons. The highest BCUT2D eigenvalue weighted by Gasteiger charge is 2.13. The first kappa shape index (κ1) is 13.9. The van der Waals surface area contributed by atoms with Crippen LogP contribution >= 0.6 is 0 Å². The van der Waals surface area contributed by atoms with Gasteiger partial charge in [-0.3, -0.25) is 0 Å². The molecule has 1 aliphatic heterocycles. The molecule has 0 spiro atoms. The van der Waals surface area contributed by atoms with Gasteiger partial charge in [0.05, 0.1) is 0 Å². The molecule has 0 bridgehead atoms. The molecule has 21 heavy (non-hydrogen) atoms. The maximum atomic E-state index is 3.40. The van der Waals surface area contributed by atoms with Crippen LogP contribution in [0.3, 0.4) is 0 Å². The second-order valence-electron chi connectivity index (χ2n) is 5.21. The van der Waals surface area contributed by atoms with Crippen LogP contribution in [0.1, 0.15) is 5.56 Å². The predicted molar refractivity (Wildman–Crippen MR) is 88.4 cm³/mol. The number of benzene rings is 2. The molecule has 0 atom stereocenters. The van der Waals surface area contributed by atoms with Crippen molar-refractivity contribution in [2.45, 2.75) is 6.54 Å². The van der Waals surface area contributed by atoms with Gasteiger partial charge in [-0.2, -0.15) is 0 Å². The van der Waals surface area contributed by atoms with E-state index in [-0.39, 0.29) is 0 Å². The molecule has 0 amide bonds. The number of nitrogens with one attached hydrogen (secondary N) is 3. The number of hydrogen-bond donors (Lipinski definition) is 3. The summed E-state index contributed by atoms with van der Waals surface area (Å²) >= 11 is 0. The Labute approximate surface area is 126 Å². The zero-order valence-electron chi connectivity index (χ0n) is 12.2. The van der Waals surface area contributed by atoms with Crippen molar-refractivity contribution in [1.82, 2.24) is 10.7 Å². The number of piperazine rings is 1. The van der Waals surface area contributed by atoms with Crippen molar-refractivity contribution in [2.24, 2.45) is 0 Å². The number of hydrazine groups is 1. The molecule has 0 unspecified atom stereocenters. The predicted octanol–water partition coefficient (Wildman–Crippen LogP) is 2.21. The molecule has 2 aromatic carbocycles. The first-order valence-corrected chi connectivity index (χ1v) is 7.51. The number of anilines is 2. The fourth-order valence-corrected chi connectivity index (χ4v) is 2.64. The van der Waals surface area contributed by atoms with Crippen LogP contribution in [0, 0.1) is 0 Å². The fourth-order valence-electron chi connectivity index (χ4n) is 2.64. The standard InChI is InChI=1S/C17H22N4/c1-2-7-16(8-3-1)20-19-14-15-6-4-5-9-17(15)21-12-10-18-11-13-21/h1-9,18-20H,10-14H2. The monoisotopic (exact) mass is 282 g/mol. The Hall–Kier alpha value is -2.04. The lowest BCUT2D eigenvalue weighted by Gasteiger charge is -2.31. The lowest BCUT2D eigenvalue weighted by molar-refractivity contribution is 0.587. The van der Waals surface area contributed by atoms with Crippen molar-refractivity contribution in [1.29, 1.82) is 0 Å². The van der Waals surface area contributed by atoms with E-state index in [0.717, 1.165) is 38.4 Å². The van der Waals surface area contributed by atoms with E-state index in [1.54, 1.807) is 0 Å². The Morgan fingerprint density at radius 3 is 2.43 bits per heavy atom. The van der Waals surface area contributed by atoms with Gasteiger partial charge in [-0.15, -0.1) is 0 Å². The molecule has 0 radical (unpaired) electrons. The molecule has 1 aliphatic rings. The third kappa shape index (κ3) is 3.74. The second-order valence-corrected chi connectivity index (χ2v) is 5.21. The van der Waals surface area contributed by atoms with Gasteiger partial charge in [-0.1, -0.05) is 36.4 Å². The highest BCUT2D eigenvalue weighted by Crippen LogP contribution is 2.20. The third-order valence-electron chi connectivity index (χ3n) is 3.73. The maximum Gasteiger partial charge on any atom is 0.0487 e. The zero-order chi connectivity index (χ0) is 14.3. The summed E-state index contributed by atoms with van der Waals surface area (Å²) in [6.07, 6.45) is 0. The van der Waals surface area contributed by atoms with Gasteiger partial charge < -0.3 is 15.6 Å². The summed E-state index contributed by atoms with van der Waals surface area (Å²) in [5.74, 6) is 0. The van der Waals surface area contributed by atoms with Crippen molar-refractivity contribution >= 4 is 11.4 Å². The van der Waals surface area contributed by atoms with Crippen LogP contribution < -0.4 is 21.1 Å². The largest absolute Gasteiger partial charge is 0.369 e. The van der Waals surface area contributed by atoms with Crippen LogP contribution in [-0.4, -0.2) is 26.2 Å². The van der Waals surface area contributed by atoms with Crippen molar-refractivity contribution in [3.8, 4) is 0 Å². The highest BCUT2D eigenvalue weighted by atomic mass is 15.4. The van der Waals surface area contributed by atoms with E-state index < -0.39 is 0 Å². The lowest BCUT2D eigenvalue weighted by Crippen LogP contribution is -2.44. The average molecular weight is 282 g/mol. The Balaban J connectivity index is 1.62. The van der Waals surface area contributed by atoms with Gasteiger partial charge in [0.25, 0.3) is 0 Å². The Bertz CT molecular complexity index is 550. The van der Waals surface area contributed by atoms with E-state index in [9.17, 15) is 0 Å². The second kappa shape index (κ2) is 7.11. The van der Waals surface area contributed by atoms with Crippen molar-refractivity contribution < 1.29 is 0 Å². The van der Waals surface area contributed by atoms with E-state index >= 15 is 0 Å². The van der Waals surface area contributed by atoms with Gasteiger partial charge in [-0.25, -0.2) is 5.43 Å². The Kier molecular flexibility index (Phi) is 4.71. The minimum atomic E-state index is 0.801. The minimum absolute atomic E-state index is 0.801. The molecule has 1 heterocycles. The maximum absolute atomic E-state index is 3.40. The summed E-state index contributed by atoms with van der Waals surface area (Å²) in [4.78, 5) is 2.45. The fraction of sp³-hybridized carbons (Fsp3) is 0.294. The topological polar surface area (TPSA) is 39.3 Å². The zero-order valence-corrected chi connectivity index (χ0v) is 12.2. The molecule has 1 fully saturated rings. The molecule has 0 aliphatic carbocycles. The van der Waals surface area contributed by atoms with E-state index in [1.807, 2.05) is 18.2 Å². The Morgan fingerprint density at radius 2 is 1.62 bits per heavy atom. The molecule has 3 N–H and O–H groups in total. The molecule has 4 nitrogen and oxygen atoms in total. The lowest BCUT2D eigenvalue weighted by atomic mass is 10.1. The van der Waals surface area contributed by atoms with Gasteiger partial charge in [0.1, 0.15) is 0 Å². The summed E-state index contributed by atoms with van der Waals surface area (Å²) < 4.78 is 0. The molecule has 0 aromatic heterocycles. The van der Waals surface area contributed by atoms with Gasteiger partial charge in [0, 0.05) is 44.1 Å². The molecular weight excluding hydrogens is 260 g/mol. The summed E-state index contributed by atoms with van der Waals surface area (Å²) in [5, 5.41) is 3.40. The molecule has 1 saturated heterocycles. The van der Waals surface area contributed by atoms with Crippen molar-refractivity contribution in [3.05, 3.63) is 60.2 Å². The molecular formula is C17H22N4. The smallest absolute Gasteiger partial charge is 0.0487 e. The van der Waals surface area contributed by atoms with E-state index in [1.165, 1.54) is 11.3 Å². The summed E-state index contributed by atoms with van der Waals surface area (Å²) in [6, 6.07) is 18.8. The minimum Gasteiger partial charge on any atom is -0.369 e. The quantitative estimate of drug-likeness (QED) is 0.735. The van der Waals surface area contributed by atoms with E-state index in [2.05, 4.69) is 57.5 Å². The number of nitrogens with zero attached hydrogens (tertiary/aromatic N) is 1. The van der Waals surface area contributed by atoms with E-state index in [0.29, 0.717) is 0 Å². The number of hydrogen-bond acceptors (Lipinski definition) is 4. The summed E-state index contributed by atoms with van der Waals surface area (Å²) in [5.41, 5.74) is 10.3. The van der Waals surface area contributed by atoms with Crippen LogP contribution in [-0.2, 0) is 6.54 Å². The number of para-hydroxylation sites is 2. The van der Waals surface area contributed by atoms with Crippen molar-refractivity contribution in [2.75, 3.05) is 36.5 Å². The highest BCUT2D eigenvalue weighted by molar-refractivity contribution is 5.54. The van der Waals surface area contributed by atoms with Gasteiger partial charge >= 0.3 is 0 Å². The number of rotatable bonds is 5. The van der Waals surface area contributed by atoms with Gasteiger partial charge in [0.15, 0.2) is 0 Å². The van der Waals surface area contributed by atoms with Crippen LogP contribution in [0.4, 0.5) is 11.4 Å². The first-order valence-electron chi connectivity index (χ1n) is 7.51. The SMILES string of the molecule is c1ccc(NNCc2ccccc2N2CCNCC2)cc1. The molecule has 4 heteroatoms. The molecule has 2 aromatic rings. The first-order chi connectivity index (χ1) is 10.4. The van der Waals surface area contributed by atoms with Crippen LogP contribution in [0.5, 0.6) is 0 Å². The van der Waals surface area contributed by atoms with Crippen LogP contribution in [0.25, 0.3) is 0 Å². The van der Waals surface area contributed by atoms with Crippen LogP contribution in [0.15, 0.2) is 54.6 Å². The third-order valence-corrected chi connectivity index (χ3v) is 3.73. The molecule has 3 rings (SSSR count). The summed E-state index contributed by atoms with van der Waals surface area (Å²) in [6.45, 7) is 5.06. The van der Waals surface area contributed by atoms with E-state index in [4.69, 9.17) is 0 Å². The summed E-state index contributed by atoms with van der Waals surface area (Å²) in [7, 11) is 0.